The molecule has 0 heterocycles. The number of rotatable bonds is 2. The topological polar surface area (TPSA) is 3.24 Å². The van der Waals surface area contributed by atoms with Crippen molar-refractivity contribution in [3.8, 4) is 0 Å². The molecule has 1 fully saturated rings. The summed E-state index contributed by atoms with van der Waals surface area (Å²) < 4.78 is 0. The van der Waals surface area contributed by atoms with Gasteiger partial charge >= 0.3 is 0 Å². The van der Waals surface area contributed by atoms with Crippen LogP contribution in [-0.4, -0.2) is 25.0 Å². The van der Waals surface area contributed by atoms with Gasteiger partial charge in [0.05, 0.1) is 0 Å². The van der Waals surface area contributed by atoms with Gasteiger partial charge in [-0.3, -0.25) is 0 Å². The molecule has 14 heavy (non-hydrogen) atoms. The second kappa shape index (κ2) is 7.28. The van der Waals surface area contributed by atoms with E-state index in [0.29, 0.717) is 0 Å². The van der Waals surface area contributed by atoms with Crippen LogP contribution < -0.4 is 0 Å². The zero-order valence-corrected chi connectivity index (χ0v) is 11.0. The standard InChI is InChI=1S/C11H23N.C2H6/c1-9(2)10-5-7-11(8-6-10)12(3)4;1-2/h9-11H,5-8H2,1-4H3;1-2H3. The van der Waals surface area contributed by atoms with Crippen LogP contribution in [0, 0.1) is 11.8 Å². The van der Waals surface area contributed by atoms with E-state index in [4.69, 9.17) is 0 Å². The molecule has 0 aromatic carbocycles. The Balaban J connectivity index is 0.000000791. The van der Waals surface area contributed by atoms with Crippen LogP contribution in [-0.2, 0) is 0 Å². The molecule has 1 saturated carbocycles. The Hall–Kier alpha value is -0.0400. The highest BCUT2D eigenvalue weighted by atomic mass is 15.1. The summed E-state index contributed by atoms with van der Waals surface area (Å²) >= 11 is 0. The molecule has 0 unspecified atom stereocenters. The van der Waals surface area contributed by atoms with Gasteiger partial charge in [0, 0.05) is 6.04 Å². The van der Waals surface area contributed by atoms with Crippen LogP contribution >= 0.6 is 0 Å². The van der Waals surface area contributed by atoms with Gasteiger partial charge < -0.3 is 4.90 Å². The molecule has 86 valence electrons. The van der Waals surface area contributed by atoms with Crippen molar-refractivity contribution in [1.82, 2.24) is 4.90 Å². The number of nitrogens with zero attached hydrogens (tertiary/aromatic N) is 1. The lowest BCUT2D eigenvalue weighted by Gasteiger charge is -2.34. The van der Waals surface area contributed by atoms with Crippen LogP contribution in [0.4, 0.5) is 0 Å². The summed E-state index contributed by atoms with van der Waals surface area (Å²) in [6.45, 7) is 8.72. The van der Waals surface area contributed by atoms with Gasteiger partial charge in [0.2, 0.25) is 0 Å². The van der Waals surface area contributed by atoms with E-state index in [9.17, 15) is 0 Å². The minimum atomic E-state index is 0.861. The third-order valence-electron chi connectivity index (χ3n) is 3.41. The van der Waals surface area contributed by atoms with Crippen LogP contribution in [0.1, 0.15) is 53.4 Å². The predicted octanol–water partition coefficient (Wildman–Crippen LogP) is 3.79. The van der Waals surface area contributed by atoms with Gasteiger partial charge in [0.15, 0.2) is 0 Å². The van der Waals surface area contributed by atoms with E-state index in [1.807, 2.05) is 13.8 Å². The first-order chi connectivity index (χ1) is 6.61. The molecule has 0 aromatic heterocycles. The van der Waals surface area contributed by atoms with E-state index in [0.717, 1.165) is 17.9 Å². The third-order valence-corrected chi connectivity index (χ3v) is 3.41. The van der Waals surface area contributed by atoms with Gasteiger partial charge in [-0.25, -0.2) is 0 Å². The van der Waals surface area contributed by atoms with Gasteiger partial charge in [-0.2, -0.15) is 0 Å². The molecule has 0 aromatic rings. The molecule has 1 nitrogen and oxygen atoms in total. The number of hydrogen-bond donors (Lipinski definition) is 0. The summed E-state index contributed by atoms with van der Waals surface area (Å²) in [5.41, 5.74) is 0. The molecule has 1 aliphatic rings. The van der Waals surface area contributed by atoms with Crippen LogP contribution in [0.3, 0.4) is 0 Å². The Bertz CT molecular complexity index is 105. The fraction of sp³-hybridized carbons (Fsp3) is 1.00. The van der Waals surface area contributed by atoms with E-state index in [-0.39, 0.29) is 0 Å². The minimum Gasteiger partial charge on any atom is -0.306 e. The summed E-state index contributed by atoms with van der Waals surface area (Å²) in [5.74, 6) is 1.90. The van der Waals surface area contributed by atoms with Crippen molar-refractivity contribution in [2.45, 2.75) is 59.4 Å². The Morgan fingerprint density at radius 1 is 0.929 bits per heavy atom. The third kappa shape index (κ3) is 4.45. The molecular weight excluding hydrogens is 170 g/mol. The quantitative estimate of drug-likeness (QED) is 0.654. The van der Waals surface area contributed by atoms with Crippen molar-refractivity contribution in [3.63, 3.8) is 0 Å². The highest BCUT2D eigenvalue weighted by Crippen LogP contribution is 2.31. The van der Waals surface area contributed by atoms with Gasteiger partial charge in [-0.05, 0) is 51.6 Å². The van der Waals surface area contributed by atoms with Gasteiger partial charge in [0.1, 0.15) is 0 Å². The van der Waals surface area contributed by atoms with Crippen LogP contribution in [0.25, 0.3) is 0 Å². The lowest BCUT2D eigenvalue weighted by atomic mass is 9.79. The summed E-state index contributed by atoms with van der Waals surface area (Å²) in [4.78, 5) is 2.39. The lowest BCUT2D eigenvalue weighted by molar-refractivity contribution is 0.169. The summed E-state index contributed by atoms with van der Waals surface area (Å²) in [6, 6.07) is 0.861. The fourth-order valence-corrected chi connectivity index (χ4v) is 2.28. The normalized spacial score (nSPS) is 27.4. The molecule has 0 bridgehead atoms. The van der Waals surface area contributed by atoms with Crippen molar-refractivity contribution >= 4 is 0 Å². The largest absolute Gasteiger partial charge is 0.306 e. The summed E-state index contributed by atoms with van der Waals surface area (Å²) in [5, 5.41) is 0. The average Bonchev–Trinajstić information content (AvgIpc) is 2.21. The first-order valence-corrected chi connectivity index (χ1v) is 6.27. The van der Waals surface area contributed by atoms with Crippen molar-refractivity contribution in [1.29, 1.82) is 0 Å². The van der Waals surface area contributed by atoms with Gasteiger partial charge in [0.25, 0.3) is 0 Å². The Labute approximate surface area is 90.9 Å². The molecule has 1 aliphatic carbocycles. The fourth-order valence-electron chi connectivity index (χ4n) is 2.28. The molecule has 0 radical (unpaired) electrons. The minimum absolute atomic E-state index is 0.861. The van der Waals surface area contributed by atoms with Crippen molar-refractivity contribution in [2.24, 2.45) is 11.8 Å². The van der Waals surface area contributed by atoms with E-state index in [1.165, 1.54) is 25.7 Å². The van der Waals surface area contributed by atoms with E-state index < -0.39 is 0 Å². The Morgan fingerprint density at radius 3 is 1.64 bits per heavy atom. The zero-order chi connectivity index (χ0) is 11.1. The van der Waals surface area contributed by atoms with Gasteiger partial charge in [-0.1, -0.05) is 27.7 Å². The SMILES string of the molecule is CC.CC(C)C1CCC(N(C)C)CC1. The van der Waals surface area contributed by atoms with Crippen LogP contribution in [0.5, 0.6) is 0 Å². The van der Waals surface area contributed by atoms with E-state index in [2.05, 4.69) is 32.8 Å². The Kier molecular flexibility index (Phi) is 7.26. The van der Waals surface area contributed by atoms with Gasteiger partial charge in [-0.15, -0.1) is 0 Å². The summed E-state index contributed by atoms with van der Waals surface area (Å²) in [7, 11) is 4.42. The lowest BCUT2D eigenvalue weighted by Crippen LogP contribution is -2.33. The Morgan fingerprint density at radius 2 is 1.36 bits per heavy atom. The van der Waals surface area contributed by atoms with Crippen LogP contribution in [0.15, 0.2) is 0 Å². The second-order valence-corrected chi connectivity index (χ2v) is 4.78. The molecule has 0 spiro atoms. The zero-order valence-electron chi connectivity index (χ0n) is 11.0. The monoisotopic (exact) mass is 199 g/mol. The van der Waals surface area contributed by atoms with Crippen molar-refractivity contribution in [3.05, 3.63) is 0 Å². The molecule has 0 aliphatic heterocycles. The number of hydrogen-bond acceptors (Lipinski definition) is 1. The molecular formula is C13H29N. The molecule has 0 N–H and O–H groups in total. The first kappa shape index (κ1) is 14.0. The maximum atomic E-state index is 2.39. The smallest absolute Gasteiger partial charge is 0.00893 e. The van der Waals surface area contributed by atoms with E-state index in [1.54, 1.807) is 0 Å². The second-order valence-electron chi connectivity index (χ2n) is 4.78. The van der Waals surface area contributed by atoms with Crippen molar-refractivity contribution in [2.75, 3.05) is 14.1 Å². The summed E-state index contributed by atoms with van der Waals surface area (Å²) in [6.07, 6.45) is 5.72. The molecule has 1 heteroatoms. The van der Waals surface area contributed by atoms with E-state index >= 15 is 0 Å². The molecule has 0 atom stereocenters. The van der Waals surface area contributed by atoms with Crippen LogP contribution in [0.2, 0.25) is 0 Å². The molecule has 1 rings (SSSR count). The molecule has 0 saturated heterocycles. The highest BCUT2D eigenvalue weighted by Gasteiger charge is 2.23. The molecule has 0 amide bonds. The maximum Gasteiger partial charge on any atom is 0.00893 e. The average molecular weight is 199 g/mol. The van der Waals surface area contributed by atoms with Crippen molar-refractivity contribution < 1.29 is 0 Å². The predicted molar refractivity (Wildman–Crippen MR) is 65.6 cm³/mol. The highest BCUT2D eigenvalue weighted by molar-refractivity contribution is 4.78. The first-order valence-electron chi connectivity index (χ1n) is 6.27. The maximum absolute atomic E-state index is 2.39.